The normalized spacial score (nSPS) is 12.2. The molecule has 2 aromatic rings. The van der Waals surface area contributed by atoms with Crippen LogP contribution in [0, 0.1) is 0 Å². The largest absolute Gasteiger partial charge is 0.497 e. The Bertz CT molecular complexity index is 503. The highest BCUT2D eigenvalue weighted by atomic mass is 16.5. The molecular weight excluding hydrogens is 222 g/mol. The molecule has 94 valence electrons. The van der Waals surface area contributed by atoms with Gasteiger partial charge in [0.1, 0.15) is 5.75 Å². The Morgan fingerprint density at radius 3 is 2.39 bits per heavy atom. The SMILES string of the molecule is COc1cccc(-c2ccc(C[C@@H](C)N)cc2)c1. The lowest BCUT2D eigenvalue weighted by atomic mass is 10.0. The fraction of sp³-hybridized carbons (Fsp3) is 0.250. The first-order valence-electron chi connectivity index (χ1n) is 6.18. The van der Waals surface area contributed by atoms with Crippen LogP contribution in [0.5, 0.6) is 5.75 Å². The number of nitrogens with two attached hydrogens (primary N) is 1. The van der Waals surface area contributed by atoms with Crippen LogP contribution in [0.2, 0.25) is 0 Å². The highest BCUT2D eigenvalue weighted by Gasteiger charge is 2.01. The van der Waals surface area contributed by atoms with Crippen molar-refractivity contribution in [1.29, 1.82) is 0 Å². The molecule has 2 nitrogen and oxygen atoms in total. The summed E-state index contributed by atoms with van der Waals surface area (Å²) in [5.74, 6) is 0.882. The first kappa shape index (κ1) is 12.7. The van der Waals surface area contributed by atoms with Gasteiger partial charge in [0, 0.05) is 6.04 Å². The van der Waals surface area contributed by atoms with Crippen LogP contribution in [0.15, 0.2) is 48.5 Å². The Balaban J connectivity index is 2.22. The van der Waals surface area contributed by atoms with Gasteiger partial charge in [-0.2, -0.15) is 0 Å². The second-order valence-corrected chi connectivity index (χ2v) is 4.61. The molecule has 0 saturated carbocycles. The summed E-state index contributed by atoms with van der Waals surface area (Å²) in [5.41, 5.74) is 9.43. The molecule has 0 unspecified atom stereocenters. The van der Waals surface area contributed by atoms with Crippen LogP contribution in [0.3, 0.4) is 0 Å². The molecular formula is C16H19NO. The van der Waals surface area contributed by atoms with Gasteiger partial charge in [-0.1, -0.05) is 36.4 Å². The third-order valence-corrected chi connectivity index (χ3v) is 2.91. The van der Waals surface area contributed by atoms with E-state index < -0.39 is 0 Å². The smallest absolute Gasteiger partial charge is 0.119 e. The molecule has 0 fully saturated rings. The van der Waals surface area contributed by atoms with Crippen molar-refractivity contribution in [2.24, 2.45) is 5.73 Å². The molecule has 0 amide bonds. The predicted octanol–water partition coefficient (Wildman–Crippen LogP) is 3.25. The maximum atomic E-state index is 5.79. The van der Waals surface area contributed by atoms with E-state index in [4.69, 9.17) is 10.5 Å². The van der Waals surface area contributed by atoms with E-state index in [1.54, 1.807) is 7.11 Å². The van der Waals surface area contributed by atoms with Crippen molar-refractivity contribution in [1.82, 2.24) is 0 Å². The molecule has 1 atom stereocenters. The van der Waals surface area contributed by atoms with Gasteiger partial charge in [-0.25, -0.2) is 0 Å². The van der Waals surface area contributed by atoms with Crippen molar-refractivity contribution >= 4 is 0 Å². The number of rotatable bonds is 4. The van der Waals surface area contributed by atoms with Crippen molar-refractivity contribution in [2.75, 3.05) is 7.11 Å². The van der Waals surface area contributed by atoms with Gasteiger partial charge in [-0.15, -0.1) is 0 Å². The highest BCUT2D eigenvalue weighted by Crippen LogP contribution is 2.24. The van der Waals surface area contributed by atoms with Gasteiger partial charge in [0.05, 0.1) is 7.11 Å². The van der Waals surface area contributed by atoms with Crippen LogP contribution >= 0.6 is 0 Å². The molecule has 0 aliphatic carbocycles. The van der Waals surface area contributed by atoms with Gasteiger partial charge < -0.3 is 10.5 Å². The van der Waals surface area contributed by atoms with Crippen molar-refractivity contribution < 1.29 is 4.74 Å². The Labute approximate surface area is 108 Å². The molecule has 18 heavy (non-hydrogen) atoms. The van der Waals surface area contributed by atoms with Gasteiger partial charge >= 0.3 is 0 Å². The highest BCUT2D eigenvalue weighted by molar-refractivity contribution is 5.65. The molecule has 0 saturated heterocycles. The van der Waals surface area contributed by atoms with Crippen molar-refractivity contribution in [2.45, 2.75) is 19.4 Å². The zero-order valence-electron chi connectivity index (χ0n) is 10.9. The summed E-state index contributed by atoms with van der Waals surface area (Å²) in [7, 11) is 1.69. The lowest BCUT2D eigenvalue weighted by Gasteiger charge is -2.08. The zero-order valence-corrected chi connectivity index (χ0v) is 10.9. The minimum atomic E-state index is 0.202. The zero-order chi connectivity index (χ0) is 13.0. The number of benzene rings is 2. The third-order valence-electron chi connectivity index (χ3n) is 2.91. The second-order valence-electron chi connectivity index (χ2n) is 4.61. The minimum absolute atomic E-state index is 0.202. The van der Waals surface area contributed by atoms with Crippen molar-refractivity contribution in [3.05, 3.63) is 54.1 Å². The van der Waals surface area contributed by atoms with Crippen molar-refractivity contribution in [3.8, 4) is 16.9 Å². The van der Waals surface area contributed by atoms with E-state index in [0.717, 1.165) is 12.2 Å². The molecule has 0 heterocycles. The maximum Gasteiger partial charge on any atom is 0.119 e. The monoisotopic (exact) mass is 241 g/mol. The second kappa shape index (κ2) is 5.69. The van der Waals surface area contributed by atoms with E-state index in [-0.39, 0.29) is 6.04 Å². The molecule has 0 radical (unpaired) electrons. The van der Waals surface area contributed by atoms with Crippen LogP contribution in [-0.2, 0) is 6.42 Å². The molecule has 0 spiro atoms. The van der Waals surface area contributed by atoms with Gasteiger partial charge in [0.15, 0.2) is 0 Å². The summed E-state index contributed by atoms with van der Waals surface area (Å²) in [4.78, 5) is 0. The molecule has 0 aromatic heterocycles. The summed E-state index contributed by atoms with van der Waals surface area (Å²) in [6.07, 6.45) is 0.915. The Morgan fingerprint density at radius 1 is 1.06 bits per heavy atom. The Morgan fingerprint density at radius 2 is 1.78 bits per heavy atom. The molecule has 2 rings (SSSR count). The van der Waals surface area contributed by atoms with Crippen molar-refractivity contribution in [3.63, 3.8) is 0 Å². The minimum Gasteiger partial charge on any atom is -0.497 e. The van der Waals surface area contributed by atoms with Crippen LogP contribution in [0.1, 0.15) is 12.5 Å². The first-order valence-corrected chi connectivity index (χ1v) is 6.18. The number of ether oxygens (including phenoxy) is 1. The summed E-state index contributed by atoms with van der Waals surface area (Å²) in [6.45, 7) is 2.02. The van der Waals surface area contributed by atoms with Crippen LogP contribution < -0.4 is 10.5 Å². The lowest BCUT2D eigenvalue weighted by molar-refractivity contribution is 0.415. The average molecular weight is 241 g/mol. The van der Waals surface area contributed by atoms with E-state index in [9.17, 15) is 0 Å². The topological polar surface area (TPSA) is 35.2 Å². The fourth-order valence-electron chi connectivity index (χ4n) is 2.01. The van der Waals surface area contributed by atoms with E-state index in [2.05, 4.69) is 30.3 Å². The van der Waals surface area contributed by atoms with Gasteiger partial charge in [0.25, 0.3) is 0 Å². The molecule has 0 aliphatic rings. The standard InChI is InChI=1S/C16H19NO/c1-12(17)10-13-6-8-14(9-7-13)15-4-3-5-16(11-15)18-2/h3-9,11-12H,10,17H2,1-2H3/t12-/m1/s1. The van der Waals surface area contributed by atoms with Crippen LogP contribution in [0.4, 0.5) is 0 Å². The number of hydrogen-bond donors (Lipinski definition) is 1. The summed E-state index contributed by atoms with van der Waals surface area (Å²) >= 11 is 0. The Kier molecular flexibility index (Phi) is 4.00. The van der Waals surface area contributed by atoms with Crippen LogP contribution in [0.25, 0.3) is 11.1 Å². The lowest BCUT2D eigenvalue weighted by Crippen LogP contribution is -2.17. The van der Waals surface area contributed by atoms with E-state index in [1.807, 2.05) is 25.1 Å². The maximum absolute atomic E-state index is 5.79. The molecule has 0 aliphatic heterocycles. The van der Waals surface area contributed by atoms with E-state index >= 15 is 0 Å². The molecule has 2 heteroatoms. The number of hydrogen-bond acceptors (Lipinski definition) is 2. The predicted molar refractivity (Wildman–Crippen MR) is 75.8 cm³/mol. The Hall–Kier alpha value is -1.80. The summed E-state index contributed by atoms with van der Waals surface area (Å²) < 4.78 is 5.24. The summed E-state index contributed by atoms with van der Waals surface area (Å²) in [5, 5.41) is 0. The summed E-state index contributed by atoms with van der Waals surface area (Å²) in [6, 6.07) is 16.8. The molecule has 2 N–H and O–H groups in total. The van der Waals surface area contributed by atoms with E-state index in [0.29, 0.717) is 0 Å². The number of methoxy groups -OCH3 is 1. The quantitative estimate of drug-likeness (QED) is 0.891. The first-order chi connectivity index (χ1) is 8.69. The molecule has 2 aromatic carbocycles. The van der Waals surface area contributed by atoms with E-state index in [1.165, 1.54) is 16.7 Å². The van der Waals surface area contributed by atoms with Gasteiger partial charge in [-0.05, 0) is 42.2 Å². The van der Waals surface area contributed by atoms with Crippen LogP contribution in [-0.4, -0.2) is 13.2 Å². The molecule has 0 bridgehead atoms. The van der Waals surface area contributed by atoms with Gasteiger partial charge in [-0.3, -0.25) is 0 Å². The van der Waals surface area contributed by atoms with Gasteiger partial charge in [0.2, 0.25) is 0 Å². The third kappa shape index (κ3) is 3.11. The average Bonchev–Trinajstić information content (AvgIpc) is 2.39. The fourth-order valence-corrected chi connectivity index (χ4v) is 2.01.